The van der Waals surface area contributed by atoms with Gasteiger partial charge in [-0.3, -0.25) is 10.1 Å². The molecular weight excluding hydrogens is 260 g/mol. The number of rotatable bonds is 7. The van der Waals surface area contributed by atoms with E-state index in [1.807, 2.05) is 0 Å². The second-order valence-electron chi connectivity index (χ2n) is 5.40. The SMILES string of the molecule is CCCC1(CNc2cc(C(=O)O)ccc2[N+](=O)[O-])CC1. The maximum atomic E-state index is 11.0. The van der Waals surface area contributed by atoms with Crippen molar-refractivity contribution in [2.45, 2.75) is 32.6 Å². The van der Waals surface area contributed by atoms with Crippen molar-refractivity contribution < 1.29 is 14.8 Å². The Morgan fingerprint density at radius 1 is 1.50 bits per heavy atom. The Morgan fingerprint density at radius 3 is 2.70 bits per heavy atom. The van der Waals surface area contributed by atoms with Crippen molar-refractivity contribution in [2.75, 3.05) is 11.9 Å². The van der Waals surface area contributed by atoms with Crippen molar-refractivity contribution in [2.24, 2.45) is 5.41 Å². The maximum Gasteiger partial charge on any atom is 0.335 e. The molecule has 2 rings (SSSR count). The number of carboxylic acids is 1. The van der Waals surface area contributed by atoms with Gasteiger partial charge in [-0.15, -0.1) is 0 Å². The molecule has 1 fully saturated rings. The standard InChI is InChI=1S/C14H18N2O4/c1-2-5-14(6-7-14)9-15-11-8-10(13(17)18)3-4-12(11)16(19)20/h3-4,8,15H,2,5-7,9H2,1H3,(H,17,18). The minimum Gasteiger partial charge on any atom is -0.478 e. The lowest BCUT2D eigenvalue weighted by Crippen LogP contribution is -2.16. The van der Waals surface area contributed by atoms with Gasteiger partial charge in [0.25, 0.3) is 5.69 Å². The third-order valence-electron chi connectivity index (χ3n) is 3.83. The molecule has 1 aliphatic rings. The molecule has 0 heterocycles. The maximum absolute atomic E-state index is 11.0. The zero-order valence-electron chi connectivity index (χ0n) is 11.4. The summed E-state index contributed by atoms with van der Waals surface area (Å²) in [5.74, 6) is -1.09. The number of nitro benzene ring substituents is 1. The summed E-state index contributed by atoms with van der Waals surface area (Å²) in [4.78, 5) is 21.4. The molecule has 20 heavy (non-hydrogen) atoms. The highest BCUT2D eigenvalue weighted by Gasteiger charge is 2.41. The summed E-state index contributed by atoms with van der Waals surface area (Å²) >= 11 is 0. The first-order valence-corrected chi connectivity index (χ1v) is 6.73. The molecule has 1 aromatic carbocycles. The number of carboxylic acid groups (broad SMARTS) is 1. The van der Waals surface area contributed by atoms with Crippen LogP contribution in [-0.2, 0) is 0 Å². The van der Waals surface area contributed by atoms with Gasteiger partial charge in [0.15, 0.2) is 0 Å². The molecule has 0 atom stereocenters. The van der Waals surface area contributed by atoms with Crippen LogP contribution in [0.25, 0.3) is 0 Å². The average molecular weight is 278 g/mol. The molecule has 0 saturated heterocycles. The Balaban J connectivity index is 2.17. The summed E-state index contributed by atoms with van der Waals surface area (Å²) < 4.78 is 0. The number of carbonyl (C=O) groups is 1. The summed E-state index contributed by atoms with van der Waals surface area (Å²) in [6, 6.07) is 3.83. The minimum atomic E-state index is -1.09. The number of nitrogens with zero attached hydrogens (tertiary/aromatic N) is 1. The third kappa shape index (κ3) is 3.07. The van der Waals surface area contributed by atoms with Gasteiger partial charge in [-0.1, -0.05) is 13.3 Å². The third-order valence-corrected chi connectivity index (χ3v) is 3.83. The highest BCUT2D eigenvalue weighted by Crippen LogP contribution is 2.49. The Bertz CT molecular complexity index is 538. The Morgan fingerprint density at radius 2 is 2.20 bits per heavy atom. The van der Waals surface area contributed by atoms with E-state index in [1.54, 1.807) is 0 Å². The van der Waals surface area contributed by atoms with Gasteiger partial charge in [-0.2, -0.15) is 0 Å². The van der Waals surface area contributed by atoms with Crippen molar-refractivity contribution in [1.82, 2.24) is 0 Å². The number of hydrogen-bond acceptors (Lipinski definition) is 4. The van der Waals surface area contributed by atoms with Crippen LogP contribution in [0, 0.1) is 15.5 Å². The molecule has 0 spiro atoms. The van der Waals surface area contributed by atoms with E-state index in [0.29, 0.717) is 6.54 Å². The predicted molar refractivity (Wildman–Crippen MR) is 75.1 cm³/mol. The minimum absolute atomic E-state index is 0.0541. The van der Waals surface area contributed by atoms with Gasteiger partial charge < -0.3 is 10.4 Å². The van der Waals surface area contributed by atoms with Gasteiger partial charge in [0.05, 0.1) is 10.5 Å². The molecule has 0 radical (unpaired) electrons. The molecule has 6 nitrogen and oxygen atoms in total. The van der Waals surface area contributed by atoms with Crippen molar-refractivity contribution in [3.8, 4) is 0 Å². The lowest BCUT2D eigenvalue weighted by Gasteiger charge is -2.16. The molecule has 0 aromatic heterocycles. The van der Waals surface area contributed by atoms with Gasteiger partial charge in [0.1, 0.15) is 5.69 Å². The van der Waals surface area contributed by atoms with E-state index in [4.69, 9.17) is 5.11 Å². The van der Waals surface area contributed by atoms with Crippen LogP contribution in [0.4, 0.5) is 11.4 Å². The second-order valence-corrected chi connectivity index (χ2v) is 5.40. The van der Waals surface area contributed by atoms with Crippen LogP contribution in [0.1, 0.15) is 43.0 Å². The number of nitro groups is 1. The van der Waals surface area contributed by atoms with Gasteiger partial charge in [-0.05, 0) is 36.8 Å². The largest absolute Gasteiger partial charge is 0.478 e. The van der Waals surface area contributed by atoms with E-state index in [0.717, 1.165) is 25.7 Å². The number of nitrogens with one attached hydrogen (secondary N) is 1. The van der Waals surface area contributed by atoms with Crippen molar-refractivity contribution in [3.63, 3.8) is 0 Å². The highest BCUT2D eigenvalue weighted by atomic mass is 16.6. The first kappa shape index (κ1) is 14.3. The summed E-state index contributed by atoms with van der Waals surface area (Å²) in [7, 11) is 0. The lowest BCUT2D eigenvalue weighted by molar-refractivity contribution is -0.384. The normalized spacial score (nSPS) is 15.7. The number of aromatic carboxylic acids is 1. The van der Waals surface area contributed by atoms with Crippen molar-refractivity contribution in [1.29, 1.82) is 0 Å². The van der Waals surface area contributed by atoms with Gasteiger partial charge in [-0.25, -0.2) is 4.79 Å². The van der Waals surface area contributed by atoms with Crippen molar-refractivity contribution >= 4 is 17.3 Å². The van der Waals surface area contributed by atoms with Crippen LogP contribution in [0.15, 0.2) is 18.2 Å². The zero-order valence-corrected chi connectivity index (χ0v) is 11.4. The molecule has 1 aliphatic carbocycles. The molecule has 0 amide bonds. The van der Waals surface area contributed by atoms with Gasteiger partial charge in [0.2, 0.25) is 0 Å². The molecule has 108 valence electrons. The smallest absolute Gasteiger partial charge is 0.335 e. The quantitative estimate of drug-likeness (QED) is 0.589. The second kappa shape index (κ2) is 5.48. The lowest BCUT2D eigenvalue weighted by atomic mass is 10.0. The van der Waals surface area contributed by atoms with Crippen molar-refractivity contribution in [3.05, 3.63) is 33.9 Å². The van der Waals surface area contributed by atoms with Crippen LogP contribution in [0.3, 0.4) is 0 Å². The number of hydrogen-bond donors (Lipinski definition) is 2. The Labute approximate surface area is 117 Å². The summed E-state index contributed by atoms with van der Waals surface area (Å²) in [5.41, 5.74) is 0.500. The molecule has 2 N–H and O–H groups in total. The fourth-order valence-electron chi connectivity index (χ4n) is 2.47. The molecule has 1 aromatic rings. The van der Waals surface area contributed by atoms with E-state index in [-0.39, 0.29) is 22.4 Å². The van der Waals surface area contributed by atoms with Crippen LogP contribution in [-0.4, -0.2) is 22.5 Å². The monoisotopic (exact) mass is 278 g/mol. The Hall–Kier alpha value is -2.11. The number of anilines is 1. The topological polar surface area (TPSA) is 92.5 Å². The van der Waals surface area contributed by atoms with Gasteiger partial charge >= 0.3 is 5.97 Å². The van der Waals surface area contributed by atoms with Crippen LogP contribution in [0.2, 0.25) is 0 Å². The summed E-state index contributed by atoms with van der Waals surface area (Å²) in [5, 5.41) is 23.0. The predicted octanol–water partition coefficient (Wildman–Crippen LogP) is 3.29. The first-order valence-electron chi connectivity index (χ1n) is 6.73. The molecule has 0 unspecified atom stereocenters. The summed E-state index contributed by atoms with van der Waals surface area (Å²) in [6.45, 7) is 2.78. The van der Waals surface area contributed by atoms with E-state index in [1.165, 1.54) is 18.2 Å². The van der Waals surface area contributed by atoms with Crippen LogP contribution in [0.5, 0.6) is 0 Å². The van der Waals surface area contributed by atoms with Crippen LogP contribution < -0.4 is 5.32 Å². The Kier molecular flexibility index (Phi) is 3.92. The van der Waals surface area contributed by atoms with E-state index in [9.17, 15) is 14.9 Å². The average Bonchev–Trinajstić information content (AvgIpc) is 3.16. The van der Waals surface area contributed by atoms with E-state index < -0.39 is 10.9 Å². The van der Waals surface area contributed by atoms with Gasteiger partial charge in [0, 0.05) is 12.6 Å². The first-order chi connectivity index (χ1) is 9.47. The number of benzene rings is 1. The summed E-state index contributed by atoms with van der Waals surface area (Å²) in [6.07, 6.45) is 4.42. The fourth-order valence-corrected chi connectivity index (χ4v) is 2.47. The van der Waals surface area contributed by atoms with E-state index >= 15 is 0 Å². The fraction of sp³-hybridized carbons (Fsp3) is 0.500. The zero-order chi connectivity index (χ0) is 14.8. The molecule has 0 aliphatic heterocycles. The molecular formula is C14H18N2O4. The molecule has 1 saturated carbocycles. The highest BCUT2D eigenvalue weighted by molar-refractivity contribution is 5.90. The van der Waals surface area contributed by atoms with E-state index in [2.05, 4.69) is 12.2 Å². The molecule has 6 heteroatoms. The van der Waals surface area contributed by atoms with Crippen LogP contribution >= 0.6 is 0 Å². The molecule has 0 bridgehead atoms.